The standard InChI is InChI=1S/C25H38N4O3/c1-4-31-22-7-8-24-23(18-22)19(2)26-25(27-24)29-12-5-6-20(9-13-29)28-14-10-21(11-15-28)32-17-16-30-3/h7-8,18,20-21H,4-6,9-17H2,1-3H3/t20-/m1/s1. The maximum atomic E-state index is 5.94. The number of benzene rings is 1. The molecule has 7 nitrogen and oxygen atoms in total. The van der Waals surface area contributed by atoms with Gasteiger partial charge in [-0.15, -0.1) is 0 Å². The topological polar surface area (TPSA) is 60.0 Å². The number of likely N-dealkylation sites (tertiary alicyclic amines) is 1. The predicted molar refractivity (Wildman–Crippen MR) is 128 cm³/mol. The van der Waals surface area contributed by atoms with E-state index in [1.54, 1.807) is 7.11 Å². The highest BCUT2D eigenvalue weighted by Gasteiger charge is 2.28. The number of hydrogen-bond donors (Lipinski definition) is 0. The third-order valence-electron chi connectivity index (χ3n) is 6.77. The zero-order chi connectivity index (χ0) is 22.3. The van der Waals surface area contributed by atoms with E-state index in [-0.39, 0.29) is 0 Å². The van der Waals surface area contributed by atoms with Crippen molar-refractivity contribution in [2.75, 3.05) is 58.0 Å². The Morgan fingerprint density at radius 3 is 2.62 bits per heavy atom. The Morgan fingerprint density at radius 2 is 1.84 bits per heavy atom. The van der Waals surface area contributed by atoms with Crippen LogP contribution in [0, 0.1) is 6.92 Å². The highest BCUT2D eigenvalue weighted by molar-refractivity contribution is 5.83. The number of methoxy groups -OCH3 is 1. The molecule has 176 valence electrons. The lowest BCUT2D eigenvalue weighted by Crippen LogP contribution is -2.44. The molecule has 2 fully saturated rings. The van der Waals surface area contributed by atoms with Crippen molar-refractivity contribution in [3.05, 3.63) is 23.9 Å². The summed E-state index contributed by atoms with van der Waals surface area (Å²) >= 11 is 0. The number of rotatable bonds is 8. The van der Waals surface area contributed by atoms with Crippen LogP contribution >= 0.6 is 0 Å². The molecule has 0 radical (unpaired) electrons. The quantitative estimate of drug-likeness (QED) is 0.576. The Morgan fingerprint density at radius 1 is 1.00 bits per heavy atom. The van der Waals surface area contributed by atoms with Crippen LogP contribution in [-0.2, 0) is 9.47 Å². The first-order valence-corrected chi connectivity index (χ1v) is 12.2. The van der Waals surface area contributed by atoms with Crippen LogP contribution < -0.4 is 9.64 Å². The molecular formula is C25H38N4O3. The summed E-state index contributed by atoms with van der Waals surface area (Å²) in [6.07, 6.45) is 6.23. The van der Waals surface area contributed by atoms with E-state index in [2.05, 4.69) is 28.9 Å². The van der Waals surface area contributed by atoms with Crippen LogP contribution in [0.15, 0.2) is 18.2 Å². The second-order valence-electron chi connectivity index (χ2n) is 8.89. The van der Waals surface area contributed by atoms with E-state index < -0.39 is 0 Å². The molecule has 0 bridgehead atoms. The van der Waals surface area contributed by atoms with Gasteiger partial charge in [0.25, 0.3) is 0 Å². The molecule has 0 spiro atoms. The lowest BCUT2D eigenvalue weighted by atomic mass is 10.0. The maximum absolute atomic E-state index is 5.94. The zero-order valence-electron chi connectivity index (χ0n) is 19.9. The molecule has 0 N–H and O–H groups in total. The van der Waals surface area contributed by atoms with Gasteiger partial charge in [0.15, 0.2) is 0 Å². The summed E-state index contributed by atoms with van der Waals surface area (Å²) in [6, 6.07) is 6.76. The molecule has 0 saturated carbocycles. The predicted octanol–water partition coefficient (Wildman–Crippen LogP) is 3.82. The third kappa shape index (κ3) is 5.69. The number of fused-ring (bicyclic) bond motifs is 1. The van der Waals surface area contributed by atoms with Crippen molar-refractivity contribution in [2.45, 2.75) is 58.1 Å². The van der Waals surface area contributed by atoms with E-state index in [0.717, 1.165) is 67.3 Å². The summed E-state index contributed by atoms with van der Waals surface area (Å²) in [6.45, 7) is 10.4. The SMILES string of the molecule is CCOc1ccc2nc(N3CCC[C@@H](N4CCC(OCCOC)CC4)CC3)nc(C)c2c1. The van der Waals surface area contributed by atoms with E-state index in [0.29, 0.717) is 32.0 Å². The van der Waals surface area contributed by atoms with E-state index >= 15 is 0 Å². The number of aryl methyl sites for hydroxylation is 1. The molecular weight excluding hydrogens is 404 g/mol. The molecule has 4 rings (SSSR count). The normalized spacial score (nSPS) is 21.1. The van der Waals surface area contributed by atoms with Gasteiger partial charge in [0.1, 0.15) is 5.75 Å². The average Bonchev–Trinajstić information content (AvgIpc) is 3.07. The van der Waals surface area contributed by atoms with Gasteiger partial charge in [0.05, 0.1) is 37.1 Å². The van der Waals surface area contributed by atoms with Gasteiger partial charge in [0, 0.05) is 44.7 Å². The highest BCUT2D eigenvalue weighted by Crippen LogP contribution is 2.27. The molecule has 1 atom stereocenters. The smallest absolute Gasteiger partial charge is 0.226 e. The van der Waals surface area contributed by atoms with E-state index in [4.69, 9.17) is 24.2 Å². The molecule has 3 heterocycles. The fourth-order valence-corrected chi connectivity index (χ4v) is 4.99. The Hall–Kier alpha value is -1.96. The number of piperidine rings is 1. The second-order valence-corrected chi connectivity index (χ2v) is 8.89. The number of aromatic nitrogens is 2. The first-order valence-electron chi connectivity index (χ1n) is 12.2. The fraction of sp³-hybridized carbons (Fsp3) is 0.680. The number of ether oxygens (including phenoxy) is 3. The van der Waals surface area contributed by atoms with Gasteiger partial charge >= 0.3 is 0 Å². The van der Waals surface area contributed by atoms with Crippen LogP contribution in [0.3, 0.4) is 0 Å². The van der Waals surface area contributed by atoms with Crippen LogP contribution in [-0.4, -0.2) is 80.1 Å². The van der Waals surface area contributed by atoms with Crippen molar-refractivity contribution in [3.8, 4) is 5.75 Å². The first-order chi connectivity index (χ1) is 15.7. The summed E-state index contributed by atoms with van der Waals surface area (Å²) in [7, 11) is 1.73. The zero-order valence-corrected chi connectivity index (χ0v) is 19.9. The Bertz CT molecular complexity index is 870. The van der Waals surface area contributed by atoms with Gasteiger partial charge in [-0.2, -0.15) is 0 Å². The summed E-state index contributed by atoms with van der Waals surface area (Å²) in [5.74, 6) is 1.75. The van der Waals surface area contributed by atoms with Crippen LogP contribution in [0.2, 0.25) is 0 Å². The molecule has 1 aromatic carbocycles. The molecule has 2 saturated heterocycles. The minimum Gasteiger partial charge on any atom is -0.494 e. The molecule has 0 unspecified atom stereocenters. The molecule has 7 heteroatoms. The summed E-state index contributed by atoms with van der Waals surface area (Å²) < 4.78 is 16.7. The van der Waals surface area contributed by atoms with Gasteiger partial charge in [-0.3, -0.25) is 0 Å². The van der Waals surface area contributed by atoms with Crippen molar-refractivity contribution in [3.63, 3.8) is 0 Å². The summed E-state index contributed by atoms with van der Waals surface area (Å²) in [5.41, 5.74) is 2.01. The van der Waals surface area contributed by atoms with Gasteiger partial charge in [-0.05, 0) is 64.2 Å². The lowest BCUT2D eigenvalue weighted by molar-refractivity contribution is -0.0220. The number of hydrogen-bond acceptors (Lipinski definition) is 7. The van der Waals surface area contributed by atoms with Crippen molar-refractivity contribution in [1.29, 1.82) is 0 Å². The van der Waals surface area contributed by atoms with Crippen molar-refractivity contribution < 1.29 is 14.2 Å². The fourth-order valence-electron chi connectivity index (χ4n) is 4.99. The molecule has 0 amide bonds. The van der Waals surface area contributed by atoms with Gasteiger partial charge < -0.3 is 24.0 Å². The van der Waals surface area contributed by atoms with E-state index in [1.807, 2.05) is 13.0 Å². The minimum absolute atomic E-state index is 0.390. The monoisotopic (exact) mass is 442 g/mol. The van der Waals surface area contributed by atoms with Gasteiger partial charge in [-0.1, -0.05) is 0 Å². The Kier molecular flexibility index (Phi) is 8.16. The first kappa shape index (κ1) is 23.2. The highest BCUT2D eigenvalue weighted by atomic mass is 16.5. The van der Waals surface area contributed by atoms with E-state index in [1.165, 1.54) is 19.3 Å². The molecule has 2 aromatic rings. The van der Waals surface area contributed by atoms with Gasteiger partial charge in [0.2, 0.25) is 5.95 Å². The second kappa shape index (κ2) is 11.3. The van der Waals surface area contributed by atoms with Crippen molar-refractivity contribution in [2.24, 2.45) is 0 Å². The maximum Gasteiger partial charge on any atom is 0.226 e. The summed E-state index contributed by atoms with van der Waals surface area (Å²) in [4.78, 5) is 14.8. The average molecular weight is 443 g/mol. The molecule has 0 aliphatic carbocycles. The van der Waals surface area contributed by atoms with Crippen LogP contribution in [0.25, 0.3) is 10.9 Å². The third-order valence-corrected chi connectivity index (χ3v) is 6.77. The van der Waals surface area contributed by atoms with Crippen LogP contribution in [0.1, 0.15) is 44.7 Å². The minimum atomic E-state index is 0.390. The van der Waals surface area contributed by atoms with Crippen LogP contribution in [0.5, 0.6) is 5.75 Å². The molecule has 1 aromatic heterocycles. The molecule has 2 aliphatic rings. The number of anilines is 1. The Labute approximate surface area is 192 Å². The van der Waals surface area contributed by atoms with Crippen molar-refractivity contribution in [1.82, 2.24) is 14.9 Å². The Balaban J connectivity index is 1.35. The summed E-state index contributed by atoms with van der Waals surface area (Å²) in [5, 5.41) is 1.07. The van der Waals surface area contributed by atoms with Crippen LogP contribution in [0.4, 0.5) is 5.95 Å². The van der Waals surface area contributed by atoms with Crippen molar-refractivity contribution >= 4 is 16.9 Å². The molecule has 2 aliphatic heterocycles. The van der Waals surface area contributed by atoms with Gasteiger partial charge in [-0.25, -0.2) is 9.97 Å². The van der Waals surface area contributed by atoms with E-state index in [9.17, 15) is 0 Å². The largest absolute Gasteiger partial charge is 0.494 e. The molecule has 32 heavy (non-hydrogen) atoms. The number of nitrogens with zero attached hydrogens (tertiary/aromatic N) is 4. The lowest BCUT2D eigenvalue weighted by Gasteiger charge is -2.37.